The maximum atomic E-state index is 11.3. The Labute approximate surface area is 127 Å². The number of ether oxygens (including phenoxy) is 1. The molecule has 0 fully saturated rings. The lowest BCUT2D eigenvalue weighted by atomic mass is 10.2. The summed E-state index contributed by atoms with van der Waals surface area (Å²) < 4.78 is 7.15. The normalized spacial score (nSPS) is 10.4. The Balaban J connectivity index is 2.23. The first-order valence-electron chi connectivity index (χ1n) is 6.60. The zero-order valence-electron chi connectivity index (χ0n) is 12.3. The van der Waals surface area contributed by atoms with Gasteiger partial charge in [0.15, 0.2) is 11.0 Å². The fraction of sp³-hybridized carbons (Fsp3) is 0.357. The first-order chi connectivity index (χ1) is 10.2. The van der Waals surface area contributed by atoms with Crippen molar-refractivity contribution >= 4 is 17.7 Å². The molecule has 0 saturated heterocycles. The average molecular weight is 306 g/mol. The minimum atomic E-state index is -0.0309. The lowest BCUT2D eigenvalue weighted by Crippen LogP contribution is -2.20. The number of thioether (sulfide) groups is 1. The highest BCUT2D eigenvalue weighted by molar-refractivity contribution is 7.99. The molecule has 21 heavy (non-hydrogen) atoms. The van der Waals surface area contributed by atoms with E-state index in [2.05, 4.69) is 15.5 Å². The van der Waals surface area contributed by atoms with Crippen LogP contribution in [0.25, 0.3) is 11.4 Å². The van der Waals surface area contributed by atoms with Crippen LogP contribution in [0.4, 0.5) is 0 Å². The van der Waals surface area contributed by atoms with Crippen LogP contribution in [0.3, 0.4) is 0 Å². The van der Waals surface area contributed by atoms with Gasteiger partial charge in [-0.3, -0.25) is 4.79 Å². The molecule has 1 heterocycles. The van der Waals surface area contributed by atoms with Crippen molar-refractivity contribution in [1.82, 2.24) is 20.1 Å². The van der Waals surface area contributed by atoms with Gasteiger partial charge in [-0.25, -0.2) is 0 Å². The van der Waals surface area contributed by atoms with Crippen LogP contribution < -0.4 is 10.1 Å². The molecule has 0 bridgehead atoms. The number of hydrogen-bond acceptors (Lipinski definition) is 5. The number of hydrogen-bond donors (Lipinski definition) is 1. The molecular weight excluding hydrogens is 288 g/mol. The first kappa shape index (κ1) is 15.4. The van der Waals surface area contributed by atoms with Crippen molar-refractivity contribution in [3.8, 4) is 17.1 Å². The molecule has 2 aromatic rings. The van der Waals surface area contributed by atoms with Crippen molar-refractivity contribution in [3.63, 3.8) is 0 Å². The van der Waals surface area contributed by atoms with Crippen molar-refractivity contribution in [1.29, 1.82) is 0 Å². The lowest BCUT2D eigenvalue weighted by molar-refractivity contribution is -0.118. The van der Waals surface area contributed by atoms with Crippen LogP contribution >= 0.6 is 11.8 Å². The van der Waals surface area contributed by atoms with Gasteiger partial charge in [0.05, 0.1) is 12.9 Å². The van der Waals surface area contributed by atoms with Crippen LogP contribution in [0, 0.1) is 0 Å². The van der Waals surface area contributed by atoms with E-state index in [0.29, 0.717) is 5.75 Å². The zero-order chi connectivity index (χ0) is 15.2. The number of methoxy groups -OCH3 is 1. The Morgan fingerprint density at radius 2 is 2.05 bits per heavy atom. The largest absolute Gasteiger partial charge is 0.497 e. The Hall–Kier alpha value is -2.02. The van der Waals surface area contributed by atoms with E-state index >= 15 is 0 Å². The smallest absolute Gasteiger partial charge is 0.230 e. The van der Waals surface area contributed by atoms with Gasteiger partial charge >= 0.3 is 0 Å². The van der Waals surface area contributed by atoms with E-state index in [1.807, 2.05) is 35.8 Å². The monoisotopic (exact) mass is 306 g/mol. The standard InChI is InChI=1S/C14H18N4O2S/c1-4-18-13(10-5-7-11(20-3)8-6-10)16-17-14(18)21-9-12(19)15-2/h5-8H,4,9H2,1-3H3,(H,15,19). The topological polar surface area (TPSA) is 69.0 Å². The molecule has 0 atom stereocenters. The summed E-state index contributed by atoms with van der Waals surface area (Å²) in [6, 6.07) is 7.67. The third-order valence-electron chi connectivity index (χ3n) is 2.99. The molecule has 1 aromatic carbocycles. The Morgan fingerprint density at radius 1 is 1.33 bits per heavy atom. The summed E-state index contributed by atoms with van der Waals surface area (Å²) in [4.78, 5) is 11.3. The molecule has 112 valence electrons. The zero-order valence-corrected chi connectivity index (χ0v) is 13.1. The molecule has 0 saturated carbocycles. The van der Waals surface area contributed by atoms with Gasteiger partial charge in [0.25, 0.3) is 0 Å². The molecule has 7 heteroatoms. The van der Waals surface area contributed by atoms with Crippen LogP contribution in [-0.2, 0) is 11.3 Å². The second-order valence-corrected chi connectivity index (χ2v) is 5.18. The van der Waals surface area contributed by atoms with Crippen molar-refractivity contribution < 1.29 is 9.53 Å². The summed E-state index contributed by atoms with van der Waals surface area (Å²) in [5.41, 5.74) is 0.969. The Bertz CT molecular complexity index is 610. The van der Waals surface area contributed by atoms with Gasteiger partial charge in [-0.1, -0.05) is 11.8 Å². The van der Waals surface area contributed by atoms with Crippen LogP contribution in [0.5, 0.6) is 5.75 Å². The minimum absolute atomic E-state index is 0.0309. The second-order valence-electron chi connectivity index (χ2n) is 4.24. The number of nitrogens with one attached hydrogen (secondary N) is 1. The Morgan fingerprint density at radius 3 is 2.62 bits per heavy atom. The van der Waals surface area contributed by atoms with Gasteiger partial charge in [0.1, 0.15) is 5.75 Å². The van der Waals surface area contributed by atoms with Gasteiger partial charge in [-0.2, -0.15) is 0 Å². The van der Waals surface area contributed by atoms with E-state index < -0.39 is 0 Å². The predicted octanol–water partition coefficient (Wildman–Crippen LogP) is 1.81. The van der Waals surface area contributed by atoms with Gasteiger partial charge in [-0.05, 0) is 31.2 Å². The fourth-order valence-corrected chi connectivity index (χ4v) is 2.71. The number of amides is 1. The van der Waals surface area contributed by atoms with E-state index in [9.17, 15) is 4.79 Å². The summed E-state index contributed by atoms with van der Waals surface area (Å²) >= 11 is 1.38. The number of aromatic nitrogens is 3. The van der Waals surface area contributed by atoms with E-state index in [-0.39, 0.29) is 5.91 Å². The summed E-state index contributed by atoms with van der Waals surface area (Å²) in [5.74, 6) is 1.89. The van der Waals surface area contributed by atoms with Gasteiger partial charge in [0, 0.05) is 19.2 Å². The third kappa shape index (κ3) is 3.55. The van der Waals surface area contributed by atoms with Crippen LogP contribution in [0.1, 0.15) is 6.92 Å². The molecule has 0 aliphatic carbocycles. The van der Waals surface area contributed by atoms with Crippen LogP contribution in [0.2, 0.25) is 0 Å². The highest BCUT2D eigenvalue weighted by Gasteiger charge is 2.14. The summed E-state index contributed by atoms with van der Waals surface area (Å²) in [5, 5.41) is 11.7. The number of benzene rings is 1. The van der Waals surface area contributed by atoms with E-state index in [4.69, 9.17) is 4.74 Å². The van der Waals surface area contributed by atoms with Crippen molar-refractivity contribution in [3.05, 3.63) is 24.3 Å². The van der Waals surface area contributed by atoms with Crippen molar-refractivity contribution in [2.75, 3.05) is 19.9 Å². The van der Waals surface area contributed by atoms with Crippen LogP contribution in [-0.4, -0.2) is 40.6 Å². The molecule has 1 aromatic heterocycles. The Kier molecular flexibility index (Phi) is 5.21. The molecule has 6 nitrogen and oxygen atoms in total. The minimum Gasteiger partial charge on any atom is -0.497 e. The fourth-order valence-electron chi connectivity index (χ4n) is 1.84. The predicted molar refractivity (Wildman–Crippen MR) is 82.5 cm³/mol. The van der Waals surface area contributed by atoms with Gasteiger partial charge < -0.3 is 14.6 Å². The van der Waals surface area contributed by atoms with Crippen molar-refractivity contribution in [2.24, 2.45) is 0 Å². The second kappa shape index (κ2) is 7.12. The summed E-state index contributed by atoms with van der Waals surface area (Å²) in [6.45, 7) is 2.77. The molecule has 0 spiro atoms. The lowest BCUT2D eigenvalue weighted by Gasteiger charge is -2.07. The van der Waals surface area contributed by atoms with E-state index in [0.717, 1.165) is 28.8 Å². The number of carbonyl (C=O) groups excluding carboxylic acids is 1. The average Bonchev–Trinajstić information content (AvgIpc) is 2.95. The van der Waals surface area contributed by atoms with Crippen LogP contribution in [0.15, 0.2) is 29.4 Å². The van der Waals surface area contributed by atoms with E-state index in [1.54, 1.807) is 14.2 Å². The first-order valence-corrected chi connectivity index (χ1v) is 7.59. The molecule has 0 aliphatic heterocycles. The molecule has 0 aliphatic rings. The molecular formula is C14H18N4O2S. The van der Waals surface area contributed by atoms with Gasteiger partial charge in [-0.15, -0.1) is 10.2 Å². The summed E-state index contributed by atoms with van der Waals surface area (Å²) in [7, 11) is 3.26. The molecule has 0 radical (unpaired) electrons. The number of rotatable bonds is 6. The summed E-state index contributed by atoms with van der Waals surface area (Å²) in [6.07, 6.45) is 0. The SMILES string of the molecule is CCn1c(SCC(=O)NC)nnc1-c1ccc(OC)cc1. The van der Waals surface area contributed by atoms with E-state index in [1.165, 1.54) is 11.8 Å². The maximum absolute atomic E-state index is 11.3. The highest BCUT2D eigenvalue weighted by Crippen LogP contribution is 2.25. The molecule has 1 amide bonds. The molecule has 2 rings (SSSR count). The number of nitrogens with zero attached hydrogens (tertiary/aromatic N) is 3. The maximum Gasteiger partial charge on any atom is 0.230 e. The van der Waals surface area contributed by atoms with Crippen molar-refractivity contribution in [2.45, 2.75) is 18.6 Å². The molecule has 0 unspecified atom stereocenters. The van der Waals surface area contributed by atoms with Gasteiger partial charge in [0.2, 0.25) is 5.91 Å². The number of carbonyl (C=O) groups is 1. The quantitative estimate of drug-likeness (QED) is 0.824. The third-order valence-corrected chi connectivity index (χ3v) is 3.96. The molecule has 1 N–H and O–H groups in total. The highest BCUT2D eigenvalue weighted by atomic mass is 32.2.